The number of methoxy groups -OCH3 is 1. The molecular formula is C16H19N5O3. The van der Waals surface area contributed by atoms with Gasteiger partial charge in [0.15, 0.2) is 5.65 Å². The van der Waals surface area contributed by atoms with Gasteiger partial charge in [0.25, 0.3) is 0 Å². The Morgan fingerprint density at radius 2 is 2.29 bits per heavy atom. The third-order valence-corrected chi connectivity index (χ3v) is 4.82. The van der Waals surface area contributed by atoms with Gasteiger partial charge in [0, 0.05) is 38.2 Å². The lowest BCUT2D eigenvalue weighted by atomic mass is 10.1. The number of carbonyl (C=O) groups is 2. The van der Waals surface area contributed by atoms with Gasteiger partial charge in [-0.1, -0.05) is 0 Å². The lowest BCUT2D eigenvalue weighted by molar-refractivity contribution is -0.119. The van der Waals surface area contributed by atoms with E-state index in [1.165, 1.54) is 13.3 Å². The number of nitrogens with zero attached hydrogens (tertiary/aromatic N) is 4. The van der Waals surface area contributed by atoms with Crippen LogP contribution in [0.2, 0.25) is 0 Å². The van der Waals surface area contributed by atoms with Crippen LogP contribution in [0, 0.1) is 5.92 Å². The number of carbonyl (C=O) groups excluding carboxylic acids is 2. The molecule has 8 nitrogen and oxygen atoms in total. The fraction of sp³-hybridized carbons (Fsp3) is 0.500. The molecular weight excluding hydrogens is 310 g/mol. The van der Waals surface area contributed by atoms with Crippen LogP contribution in [-0.2, 0) is 16.1 Å². The summed E-state index contributed by atoms with van der Waals surface area (Å²) < 4.78 is 6.79. The highest BCUT2D eigenvalue weighted by molar-refractivity contribution is 5.92. The van der Waals surface area contributed by atoms with E-state index in [1.54, 1.807) is 6.07 Å². The number of amides is 1. The largest absolute Gasteiger partial charge is 0.465 e. The van der Waals surface area contributed by atoms with Crippen molar-refractivity contribution in [1.82, 2.24) is 19.9 Å². The van der Waals surface area contributed by atoms with E-state index >= 15 is 0 Å². The molecule has 0 saturated carbocycles. The fourth-order valence-electron chi connectivity index (χ4n) is 3.67. The third kappa shape index (κ3) is 2.21. The van der Waals surface area contributed by atoms with Gasteiger partial charge in [-0.15, -0.1) is 0 Å². The number of hydrogen-bond acceptors (Lipinski definition) is 6. The molecule has 24 heavy (non-hydrogen) atoms. The molecule has 0 bridgehead atoms. The molecule has 0 radical (unpaired) electrons. The number of anilines is 1. The van der Waals surface area contributed by atoms with Gasteiger partial charge in [-0.25, -0.2) is 14.8 Å². The average Bonchev–Trinajstić information content (AvgIpc) is 3.22. The molecule has 2 aliphatic rings. The van der Waals surface area contributed by atoms with Crippen LogP contribution in [0.1, 0.15) is 23.7 Å². The Labute approximate surface area is 138 Å². The van der Waals surface area contributed by atoms with Gasteiger partial charge in [-0.3, -0.25) is 9.36 Å². The lowest BCUT2D eigenvalue weighted by Crippen LogP contribution is -2.33. The van der Waals surface area contributed by atoms with E-state index in [2.05, 4.69) is 15.2 Å². The number of aromatic nitrogens is 3. The number of imidazole rings is 1. The van der Waals surface area contributed by atoms with Crippen LogP contribution < -0.4 is 10.2 Å². The van der Waals surface area contributed by atoms with Crippen LogP contribution in [0.15, 0.2) is 12.3 Å². The highest BCUT2D eigenvalue weighted by atomic mass is 16.5. The molecule has 2 fully saturated rings. The number of aryl methyl sites for hydroxylation is 1. The molecule has 1 amide bonds. The first kappa shape index (κ1) is 14.9. The summed E-state index contributed by atoms with van der Waals surface area (Å²) in [6.07, 6.45) is 2.10. The van der Waals surface area contributed by atoms with Gasteiger partial charge in [0.05, 0.1) is 18.7 Å². The molecule has 0 unspecified atom stereocenters. The summed E-state index contributed by atoms with van der Waals surface area (Å²) in [5.74, 6) is 0.889. The Hall–Kier alpha value is -2.64. The first-order chi connectivity index (χ1) is 11.6. The predicted octanol–water partition coefficient (Wildman–Crippen LogP) is 0.562. The summed E-state index contributed by atoms with van der Waals surface area (Å²) in [6, 6.07) is 1.91. The fourth-order valence-corrected chi connectivity index (χ4v) is 3.67. The first-order valence-corrected chi connectivity index (χ1v) is 8.09. The van der Waals surface area contributed by atoms with E-state index in [1.807, 2.05) is 11.5 Å². The van der Waals surface area contributed by atoms with Gasteiger partial charge in [0.1, 0.15) is 5.52 Å². The second-order valence-corrected chi connectivity index (χ2v) is 6.26. The van der Waals surface area contributed by atoms with Crippen LogP contribution >= 0.6 is 0 Å². The topological polar surface area (TPSA) is 89.4 Å². The van der Waals surface area contributed by atoms with E-state index < -0.39 is 5.97 Å². The molecule has 2 aromatic heterocycles. The van der Waals surface area contributed by atoms with Crippen LogP contribution in [-0.4, -0.2) is 52.7 Å². The zero-order chi connectivity index (χ0) is 16.8. The Bertz CT molecular complexity index is 814. The van der Waals surface area contributed by atoms with Crippen molar-refractivity contribution in [2.24, 2.45) is 5.92 Å². The molecule has 0 spiro atoms. The van der Waals surface area contributed by atoms with Crippen molar-refractivity contribution in [2.45, 2.75) is 25.9 Å². The zero-order valence-electron chi connectivity index (χ0n) is 13.7. The second kappa shape index (κ2) is 5.47. The van der Waals surface area contributed by atoms with Gasteiger partial charge >= 0.3 is 5.97 Å². The SMILES string of the molecule is CCn1c(N2C[C@@H]3CC(=O)N[C@@H]3C2)nc2cc(C(=O)OC)cnc21. The van der Waals surface area contributed by atoms with E-state index in [4.69, 9.17) is 9.72 Å². The van der Waals surface area contributed by atoms with Crippen molar-refractivity contribution in [2.75, 3.05) is 25.1 Å². The molecule has 1 N–H and O–H groups in total. The average molecular weight is 329 g/mol. The van der Waals surface area contributed by atoms with Gasteiger partial charge < -0.3 is 15.0 Å². The Balaban J connectivity index is 1.70. The molecule has 4 rings (SSSR count). The minimum absolute atomic E-state index is 0.137. The highest BCUT2D eigenvalue weighted by Gasteiger charge is 2.41. The summed E-state index contributed by atoms with van der Waals surface area (Å²) in [5, 5.41) is 3.02. The number of hydrogen-bond donors (Lipinski definition) is 1. The Morgan fingerprint density at radius 1 is 1.46 bits per heavy atom. The molecule has 0 aliphatic carbocycles. The molecule has 2 aromatic rings. The molecule has 2 atom stereocenters. The first-order valence-electron chi connectivity index (χ1n) is 8.09. The maximum absolute atomic E-state index is 11.7. The van der Waals surface area contributed by atoms with Crippen LogP contribution in [0.4, 0.5) is 5.95 Å². The van der Waals surface area contributed by atoms with E-state index in [0.29, 0.717) is 23.4 Å². The third-order valence-electron chi connectivity index (χ3n) is 4.82. The normalized spacial score (nSPS) is 22.8. The summed E-state index contributed by atoms with van der Waals surface area (Å²) in [7, 11) is 1.35. The van der Waals surface area contributed by atoms with E-state index in [9.17, 15) is 9.59 Å². The highest BCUT2D eigenvalue weighted by Crippen LogP contribution is 2.31. The van der Waals surface area contributed by atoms with E-state index in [0.717, 1.165) is 31.2 Å². The number of ether oxygens (including phenoxy) is 1. The zero-order valence-corrected chi connectivity index (χ0v) is 13.7. The Kier molecular flexibility index (Phi) is 3.40. The molecule has 8 heteroatoms. The van der Waals surface area contributed by atoms with Crippen molar-refractivity contribution < 1.29 is 14.3 Å². The van der Waals surface area contributed by atoms with Crippen LogP contribution in [0.25, 0.3) is 11.2 Å². The molecule has 2 aliphatic heterocycles. The number of pyridine rings is 1. The maximum Gasteiger partial charge on any atom is 0.339 e. The predicted molar refractivity (Wildman–Crippen MR) is 86.8 cm³/mol. The van der Waals surface area contributed by atoms with Crippen LogP contribution in [0.5, 0.6) is 0 Å². The molecule has 4 heterocycles. The van der Waals surface area contributed by atoms with Gasteiger partial charge in [-0.05, 0) is 13.0 Å². The molecule has 126 valence electrons. The molecule has 2 saturated heterocycles. The lowest BCUT2D eigenvalue weighted by Gasteiger charge is -2.19. The quantitative estimate of drug-likeness (QED) is 0.828. The van der Waals surface area contributed by atoms with Crippen molar-refractivity contribution in [3.05, 3.63) is 17.8 Å². The van der Waals surface area contributed by atoms with Crippen molar-refractivity contribution in [1.29, 1.82) is 0 Å². The van der Waals surface area contributed by atoms with Crippen molar-refractivity contribution in [3.8, 4) is 0 Å². The molecule has 0 aromatic carbocycles. The Morgan fingerprint density at radius 3 is 3.00 bits per heavy atom. The van der Waals surface area contributed by atoms with Crippen molar-refractivity contribution >= 4 is 29.0 Å². The van der Waals surface area contributed by atoms with Gasteiger partial charge in [0.2, 0.25) is 11.9 Å². The summed E-state index contributed by atoms with van der Waals surface area (Å²) in [5.41, 5.74) is 1.82. The smallest absolute Gasteiger partial charge is 0.339 e. The summed E-state index contributed by atoms with van der Waals surface area (Å²) >= 11 is 0. The number of nitrogens with one attached hydrogen (secondary N) is 1. The van der Waals surface area contributed by atoms with Crippen LogP contribution in [0.3, 0.4) is 0 Å². The maximum atomic E-state index is 11.7. The number of esters is 1. The van der Waals surface area contributed by atoms with Gasteiger partial charge in [-0.2, -0.15) is 0 Å². The summed E-state index contributed by atoms with van der Waals surface area (Å²) in [6.45, 7) is 4.33. The number of fused-ring (bicyclic) bond motifs is 2. The van der Waals surface area contributed by atoms with E-state index in [-0.39, 0.29) is 11.9 Å². The second-order valence-electron chi connectivity index (χ2n) is 6.26. The van der Waals surface area contributed by atoms with Crippen molar-refractivity contribution in [3.63, 3.8) is 0 Å². The minimum atomic E-state index is -0.421. The monoisotopic (exact) mass is 329 g/mol. The minimum Gasteiger partial charge on any atom is -0.465 e. The standard InChI is InChI=1S/C16H19N5O3/c1-3-21-14-11(4-9(6-17-14)15(23)24-2)19-16(21)20-7-10-5-13(22)18-12(10)8-20/h4,6,10,12H,3,5,7-8H2,1-2H3,(H,18,22)/t10-,12+/m0/s1. The number of rotatable bonds is 3. The summed E-state index contributed by atoms with van der Waals surface area (Å²) in [4.78, 5) is 34.5.